The summed E-state index contributed by atoms with van der Waals surface area (Å²) in [6.07, 6.45) is 6.82. The number of hydrogen-bond donors (Lipinski definition) is 7. The fourth-order valence-corrected chi connectivity index (χ4v) is 5.70. The maximum Gasteiger partial charge on any atom is 0.243 e. The third-order valence-electron chi connectivity index (χ3n) is 8.26. The van der Waals surface area contributed by atoms with Crippen molar-refractivity contribution in [2.75, 3.05) is 6.54 Å². The molecule has 0 saturated heterocycles. The summed E-state index contributed by atoms with van der Waals surface area (Å²) < 4.78 is 0. The van der Waals surface area contributed by atoms with E-state index in [4.69, 9.17) is 28.3 Å². The summed E-state index contributed by atoms with van der Waals surface area (Å²) in [5.74, 6) is -1.20. The van der Waals surface area contributed by atoms with E-state index in [1.807, 2.05) is 49.4 Å². The van der Waals surface area contributed by atoms with E-state index in [9.17, 15) is 14.4 Å². The van der Waals surface area contributed by atoms with Gasteiger partial charge in [0.15, 0.2) is 5.96 Å². The van der Waals surface area contributed by atoms with Crippen LogP contribution in [-0.4, -0.2) is 48.1 Å². The van der Waals surface area contributed by atoms with Crippen LogP contribution in [0, 0.1) is 11.3 Å². The Morgan fingerprint density at radius 3 is 2.16 bits per heavy atom. The van der Waals surface area contributed by atoms with Gasteiger partial charge in [0.25, 0.3) is 0 Å². The van der Waals surface area contributed by atoms with Crippen LogP contribution in [0.25, 0.3) is 0 Å². The van der Waals surface area contributed by atoms with Gasteiger partial charge in [0.05, 0.1) is 5.41 Å². The summed E-state index contributed by atoms with van der Waals surface area (Å²) in [6, 6.07) is 14.9. The monoisotopic (exact) mass is 590 g/mol. The van der Waals surface area contributed by atoms with E-state index in [0.717, 1.165) is 43.2 Å². The van der Waals surface area contributed by atoms with Crippen LogP contribution in [0.4, 0.5) is 0 Å². The van der Waals surface area contributed by atoms with Crippen molar-refractivity contribution < 1.29 is 14.4 Å². The first-order valence-corrected chi connectivity index (χ1v) is 14.9. The molecule has 2 aromatic rings. The number of guanidine groups is 1. The van der Waals surface area contributed by atoms with Crippen molar-refractivity contribution in [2.45, 2.75) is 82.2 Å². The maximum atomic E-state index is 14.2. The van der Waals surface area contributed by atoms with Crippen molar-refractivity contribution in [3.63, 3.8) is 0 Å². The Morgan fingerprint density at radius 1 is 0.930 bits per heavy atom. The highest BCUT2D eigenvalue weighted by molar-refractivity contribution is 5.96. The number of benzene rings is 2. The highest BCUT2D eigenvalue weighted by atomic mass is 16.2. The van der Waals surface area contributed by atoms with Gasteiger partial charge in [0.1, 0.15) is 17.9 Å². The number of aliphatic imine (C=N–C) groups is 1. The number of amidine groups is 1. The Balaban J connectivity index is 1.86. The zero-order valence-electron chi connectivity index (χ0n) is 25.0. The minimum Gasteiger partial charge on any atom is -0.384 e. The molecule has 0 aliphatic heterocycles. The van der Waals surface area contributed by atoms with Gasteiger partial charge >= 0.3 is 0 Å². The molecule has 0 heterocycles. The van der Waals surface area contributed by atoms with E-state index in [0.29, 0.717) is 31.4 Å². The molecule has 232 valence electrons. The lowest BCUT2D eigenvalue weighted by Gasteiger charge is -2.33. The fraction of sp³-hybridized carbons (Fsp3) is 0.469. The van der Waals surface area contributed by atoms with Gasteiger partial charge in [0.2, 0.25) is 17.7 Å². The summed E-state index contributed by atoms with van der Waals surface area (Å²) in [5, 5.41) is 13.5. The number of nitrogen functional groups attached to an aromatic ring is 1. The van der Waals surface area contributed by atoms with Crippen molar-refractivity contribution in [3.05, 3.63) is 71.3 Å². The third-order valence-corrected chi connectivity index (χ3v) is 8.26. The lowest BCUT2D eigenvalue weighted by Crippen LogP contribution is -2.56. The van der Waals surface area contributed by atoms with Gasteiger partial charge < -0.3 is 33.6 Å². The molecule has 11 N–H and O–H groups in total. The van der Waals surface area contributed by atoms with Crippen molar-refractivity contribution in [1.29, 1.82) is 5.41 Å². The normalized spacial score (nSPS) is 16.2. The average Bonchev–Trinajstić information content (AvgIpc) is 2.99. The van der Waals surface area contributed by atoms with E-state index in [-0.39, 0.29) is 30.0 Å². The third kappa shape index (κ3) is 9.83. The molecule has 1 unspecified atom stereocenters. The van der Waals surface area contributed by atoms with Crippen LogP contribution in [0.2, 0.25) is 0 Å². The van der Waals surface area contributed by atoms with E-state index in [2.05, 4.69) is 15.6 Å². The molecule has 0 spiro atoms. The van der Waals surface area contributed by atoms with Crippen LogP contribution in [0.1, 0.15) is 75.0 Å². The molecule has 0 bridgehead atoms. The Hall–Kier alpha value is -4.41. The summed E-state index contributed by atoms with van der Waals surface area (Å²) in [6.45, 7) is 2.16. The van der Waals surface area contributed by atoms with Crippen LogP contribution in [0.5, 0.6) is 0 Å². The summed E-state index contributed by atoms with van der Waals surface area (Å²) in [4.78, 5) is 44.1. The highest BCUT2D eigenvalue weighted by Gasteiger charge is 2.38. The molecule has 11 heteroatoms. The molecule has 2 aromatic carbocycles. The predicted octanol–water partition coefficient (Wildman–Crippen LogP) is 1.95. The SMILES string of the molecule is CC(Cc1ccc(C(=N)N)cc1)(C(=O)N[C@@H](CC1CCCCC1)C(=O)N[C@@H](CCCN=C(N)N)C(N)=O)c1ccccc1. The molecule has 1 aliphatic rings. The van der Waals surface area contributed by atoms with Gasteiger partial charge in [-0.1, -0.05) is 86.7 Å². The number of rotatable bonds is 15. The quantitative estimate of drug-likeness (QED) is 0.0934. The minimum atomic E-state index is -1.02. The van der Waals surface area contributed by atoms with Crippen molar-refractivity contribution in [2.24, 2.45) is 33.8 Å². The lowest BCUT2D eigenvalue weighted by molar-refractivity contribution is -0.133. The first-order chi connectivity index (χ1) is 20.5. The molecular weight excluding hydrogens is 544 g/mol. The molecule has 3 atom stereocenters. The number of nitrogens with two attached hydrogens (primary N) is 4. The molecule has 1 aliphatic carbocycles. The summed E-state index contributed by atoms with van der Waals surface area (Å²) >= 11 is 0. The average molecular weight is 591 g/mol. The molecule has 43 heavy (non-hydrogen) atoms. The number of carbonyl (C=O) groups excluding carboxylic acids is 3. The molecule has 0 radical (unpaired) electrons. The molecule has 3 rings (SSSR count). The summed E-state index contributed by atoms with van der Waals surface area (Å²) in [7, 11) is 0. The number of carbonyl (C=O) groups is 3. The van der Waals surface area contributed by atoms with E-state index < -0.39 is 29.3 Å². The van der Waals surface area contributed by atoms with Crippen LogP contribution in [0.3, 0.4) is 0 Å². The first-order valence-electron chi connectivity index (χ1n) is 14.9. The molecule has 3 amide bonds. The second kappa shape index (κ2) is 15.7. The Kier molecular flexibility index (Phi) is 12.1. The molecular formula is C32H46N8O3. The Bertz CT molecular complexity index is 1270. The van der Waals surface area contributed by atoms with Gasteiger partial charge in [-0.05, 0) is 49.7 Å². The van der Waals surface area contributed by atoms with Crippen LogP contribution in [0.15, 0.2) is 59.6 Å². The number of primary amides is 1. The van der Waals surface area contributed by atoms with E-state index in [1.54, 1.807) is 12.1 Å². The number of nitrogens with one attached hydrogen (secondary N) is 3. The second-order valence-corrected chi connectivity index (χ2v) is 11.7. The van der Waals surface area contributed by atoms with Crippen LogP contribution < -0.4 is 33.6 Å². The molecule has 1 fully saturated rings. The van der Waals surface area contributed by atoms with Crippen LogP contribution >= 0.6 is 0 Å². The maximum absolute atomic E-state index is 14.2. The van der Waals surface area contributed by atoms with Gasteiger partial charge in [-0.2, -0.15) is 0 Å². The Morgan fingerprint density at radius 2 is 1.58 bits per heavy atom. The van der Waals surface area contributed by atoms with Gasteiger partial charge in [-0.3, -0.25) is 24.8 Å². The van der Waals surface area contributed by atoms with Crippen molar-refractivity contribution in [3.8, 4) is 0 Å². The molecule has 1 saturated carbocycles. The van der Waals surface area contributed by atoms with Crippen molar-refractivity contribution in [1.82, 2.24) is 10.6 Å². The smallest absolute Gasteiger partial charge is 0.243 e. The largest absolute Gasteiger partial charge is 0.384 e. The van der Waals surface area contributed by atoms with Crippen LogP contribution in [-0.2, 0) is 26.2 Å². The topological polar surface area (TPSA) is 216 Å². The van der Waals surface area contributed by atoms with Crippen molar-refractivity contribution >= 4 is 29.5 Å². The number of nitrogens with zero attached hydrogens (tertiary/aromatic N) is 1. The molecule has 11 nitrogen and oxygen atoms in total. The Labute approximate surface area is 253 Å². The minimum absolute atomic E-state index is 0.0304. The standard InChI is InChI=1S/C32H46N8O3/c1-32(24-11-6-3-7-12-24,20-22-14-16-23(17-15-22)27(33)34)30(43)40-26(19-21-9-4-2-5-10-21)29(42)39-25(28(35)41)13-8-18-38-31(36)37/h3,6-7,11-12,14-17,21,25-26H,2,4-5,8-10,13,18-20H2,1H3,(H3,33,34)(H2,35,41)(H,39,42)(H,40,43)(H4,36,37,38)/t25-,26-,32?/m0/s1. The van der Waals surface area contributed by atoms with Gasteiger partial charge in [0, 0.05) is 12.1 Å². The zero-order chi connectivity index (χ0) is 31.4. The van der Waals surface area contributed by atoms with E-state index in [1.165, 1.54) is 0 Å². The highest BCUT2D eigenvalue weighted by Crippen LogP contribution is 2.31. The summed E-state index contributed by atoms with van der Waals surface area (Å²) in [5.41, 5.74) is 23.3. The number of hydrogen-bond acceptors (Lipinski definition) is 5. The predicted molar refractivity (Wildman–Crippen MR) is 169 cm³/mol. The fourth-order valence-electron chi connectivity index (χ4n) is 5.70. The molecule has 0 aromatic heterocycles. The van der Waals surface area contributed by atoms with Gasteiger partial charge in [-0.25, -0.2) is 0 Å². The lowest BCUT2D eigenvalue weighted by atomic mass is 9.76. The second-order valence-electron chi connectivity index (χ2n) is 11.7. The van der Waals surface area contributed by atoms with Gasteiger partial charge in [-0.15, -0.1) is 0 Å². The van der Waals surface area contributed by atoms with E-state index >= 15 is 0 Å². The zero-order valence-corrected chi connectivity index (χ0v) is 25.0. The first kappa shape index (κ1) is 33.1. The number of amides is 3.